The molecular weight excluding hydrogens is 210 g/mol. The van der Waals surface area contributed by atoms with Gasteiger partial charge >= 0.3 is 0 Å². The van der Waals surface area contributed by atoms with E-state index in [9.17, 15) is 5.26 Å². The van der Waals surface area contributed by atoms with Gasteiger partial charge in [0.15, 0.2) is 0 Å². The maximum Gasteiger partial charge on any atom is 0.142 e. The maximum atomic E-state index is 9.36. The second-order valence-electron chi connectivity index (χ2n) is 4.95. The molecule has 0 spiro atoms. The van der Waals surface area contributed by atoms with E-state index >= 15 is 0 Å². The van der Waals surface area contributed by atoms with Gasteiger partial charge in [0.05, 0.1) is 6.07 Å². The van der Waals surface area contributed by atoms with Crippen LogP contribution in [-0.4, -0.2) is 24.5 Å². The molecule has 1 aromatic rings. The average molecular weight is 229 g/mol. The molecule has 0 saturated heterocycles. The van der Waals surface area contributed by atoms with Crippen LogP contribution in [0.5, 0.6) is 0 Å². The Hall–Kier alpha value is -1.37. The number of likely N-dealkylation sites (N-methyl/N-ethyl adjacent to an activating group) is 1. The molecule has 0 amide bonds. The lowest BCUT2D eigenvalue weighted by molar-refractivity contribution is 0.139. The van der Waals surface area contributed by atoms with Crippen LogP contribution in [0.1, 0.15) is 24.8 Å². The van der Waals surface area contributed by atoms with E-state index < -0.39 is 5.54 Å². The van der Waals surface area contributed by atoms with Crippen molar-refractivity contribution in [3.05, 3.63) is 35.9 Å². The van der Waals surface area contributed by atoms with Gasteiger partial charge in [-0.3, -0.25) is 0 Å². The van der Waals surface area contributed by atoms with Crippen LogP contribution >= 0.6 is 0 Å². The predicted molar refractivity (Wildman–Crippen MR) is 68.2 cm³/mol. The highest BCUT2D eigenvalue weighted by Crippen LogP contribution is 2.26. The zero-order chi connectivity index (χ0) is 12.3. The number of rotatable bonds is 4. The molecule has 2 rings (SSSR count). The normalized spacial score (nSPS) is 19.4. The van der Waals surface area contributed by atoms with Gasteiger partial charge < -0.3 is 10.6 Å². The number of hydrogen-bond acceptors (Lipinski definition) is 3. The molecule has 0 radical (unpaired) electrons. The lowest BCUT2D eigenvalue weighted by Crippen LogP contribution is -2.50. The summed E-state index contributed by atoms with van der Waals surface area (Å²) >= 11 is 0. The van der Waals surface area contributed by atoms with Crippen molar-refractivity contribution in [1.82, 2.24) is 4.90 Å². The summed E-state index contributed by atoms with van der Waals surface area (Å²) in [6, 6.07) is 12.5. The molecule has 1 aliphatic carbocycles. The molecule has 1 unspecified atom stereocenters. The highest BCUT2D eigenvalue weighted by Gasteiger charge is 2.32. The van der Waals surface area contributed by atoms with Crippen molar-refractivity contribution in [1.29, 1.82) is 5.26 Å². The van der Waals surface area contributed by atoms with Crippen LogP contribution in [0.25, 0.3) is 0 Å². The fraction of sp³-hybridized carbons (Fsp3) is 0.500. The molecule has 0 aromatic heterocycles. The highest BCUT2D eigenvalue weighted by molar-refractivity contribution is 5.31. The molecule has 0 heterocycles. The summed E-state index contributed by atoms with van der Waals surface area (Å²) < 4.78 is 0. The minimum atomic E-state index is -0.897. The van der Waals surface area contributed by atoms with E-state index in [1.165, 1.54) is 19.3 Å². The number of nitriles is 1. The number of hydrogen-bond donors (Lipinski definition) is 1. The smallest absolute Gasteiger partial charge is 0.142 e. The van der Waals surface area contributed by atoms with Gasteiger partial charge in [-0.1, -0.05) is 36.8 Å². The third-order valence-electron chi connectivity index (χ3n) is 3.69. The summed E-state index contributed by atoms with van der Waals surface area (Å²) in [4.78, 5) is 2.22. The monoisotopic (exact) mass is 229 g/mol. The molecule has 3 heteroatoms. The third-order valence-corrected chi connectivity index (χ3v) is 3.69. The van der Waals surface area contributed by atoms with E-state index in [-0.39, 0.29) is 0 Å². The van der Waals surface area contributed by atoms with Crippen LogP contribution in [0.15, 0.2) is 30.3 Å². The SMILES string of the molecule is CN(CC(N)(C#N)c1ccccc1)C1CCC1. The topological polar surface area (TPSA) is 53.0 Å². The zero-order valence-corrected chi connectivity index (χ0v) is 10.3. The second kappa shape index (κ2) is 4.87. The molecule has 1 aromatic carbocycles. The Morgan fingerprint density at radius 2 is 2.06 bits per heavy atom. The molecular formula is C14H19N3. The molecule has 1 aliphatic rings. The Morgan fingerprint density at radius 3 is 2.53 bits per heavy atom. The average Bonchev–Trinajstić information content (AvgIpc) is 2.27. The maximum absolute atomic E-state index is 9.36. The van der Waals surface area contributed by atoms with Crippen LogP contribution in [0.3, 0.4) is 0 Å². The standard InChI is InChI=1S/C14H19N3/c1-17(13-8-5-9-13)11-14(16,10-15)12-6-3-2-4-7-12/h2-4,6-7,13H,5,8-9,11,16H2,1H3. The quantitative estimate of drug-likeness (QED) is 0.857. The van der Waals surface area contributed by atoms with E-state index in [2.05, 4.69) is 18.0 Å². The van der Waals surface area contributed by atoms with Gasteiger partial charge in [0.1, 0.15) is 5.54 Å². The number of nitrogens with zero attached hydrogens (tertiary/aromatic N) is 2. The van der Waals surface area contributed by atoms with Crippen molar-refractivity contribution < 1.29 is 0 Å². The van der Waals surface area contributed by atoms with Crippen molar-refractivity contribution in [2.45, 2.75) is 30.8 Å². The molecule has 0 aliphatic heterocycles. The van der Waals surface area contributed by atoms with Gasteiger partial charge in [-0.2, -0.15) is 5.26 Å². The summed E-state index contributed by atoms with van der Waals surface area (Å²) in [5.74, 6) is 0. The van der Waals surface area contributed by atoms with Crippen LogP contribution in [-0.2, 0) is 5.54 Å². The van der Waals surface area contributed by atoms with E-state index in [0.29, 0.717) is 12.6 Å². The van der Waals surface area contributed by atoms with Crippen LogP contribution in [0, 0.1) is 11.3 Å². The van der Waals surface area contributed by atoms with Crippen LogP contribution < -0.4 is 5.73 Å². The molecule has 1 fully saturated rings. The van der Waals surface area contributed by atoms with E-state index in [1.807, 2.05) is 30.3 Å². The molecule has 17 heavy (non-hydrogen) atoms. The van der Waals surface area contributed by atoms with E-state index in [1.54, 1.807) is 0 Å². The molecule has 1 atom stereocenters. The first-order valence-corrected chi connectivity index (χ1v) is 6.11. The number of benzene rings is 1. The summed E-state index contributed by atoms with van der Waals surface area (Å²) in [6.45, 7) is 0.595. The number of nitrogens with two attached hydrogens (primary N) is 1. The van der Waals surface area contributed by atoms with Gasteiger partial charge in [-0.05, 0) is 25.5 Å². The first kappa shape index (κ1) is 12.1. The summed E-state index contributed by atoms with van der Waals surface area (Å²) in [6.07, 6.45) is 3.75. The van der Waals surface area contributed by atoms with Gasteiger partial charge in [-0.15, -0.1) is 0 Å². The molecule has 90 valence electrons. The van der Waals surface area contributed by atoms with Crippen molar-refractivity contribution in [3.8, 4) is 6.07 Å². The largest absolute Gasteiger partial charge is 0.309 e. The van der Waals surface area contributed by atoms with Gasteiger partial charge in [-0.25, -0.2) is 0 Å². The molecule has 2 N–H and O–H groups in total. The third kappa shape index (κ3) is 2.49. The minimum absolute atomic E-state index is 0.595. The second-order valence-corrected chi connectivity index (χ2v) is 4.95. The minimum Gasteiger partial charge on any atom is -0.309 e. The molecule has 1 saturated carbocycles. The zero-order valence-electron chi connectivity index (χ0n) is 10.3. The lowest BCUT2D eigenvalue weighted by atomic mass is 9.87. The van der Waals surface area contributed by atoms with E-state index in [4.69, 9.17) is 5.73 Å². The van der Waals surface area contributed by atoms with Gasteiger partial charge in [0.25, 0.3) is 0 Å². The Labute approximate surface area is 103 Å². The van der Waals surface area contributed by atoms with Gasteiger partial charge in [0.2, 0.25) is 0 Å². The predicted octanol–water partition coefficient (Wildman–Crippen LogP) is 1.85. The van der Waals surface area contributed by atoms with Gasteiger partial charge in [0, 0.05) is 12.6 Å². The Bertz CT molecular complexity index is 405. The van der Waals surface area contributed by atoms with Crippen molar-refractivity contribution in [3.63, 3.8) is 0 Å². The Kier molecular flexibility index (Phi) is 3.46. The summed E-state index contributed by atoms with van der Waals surface area (Å²) in [5, 5.41) is 9.36. The summed E-state index contributed by atoms with van der Waals surface area (Å²) in [7, 11) is 2.06. The van der Waals surface area contributed by atoms with E-state index in [0.717, 1.165) is 5.56 Å². The van der Waals surface area contributed by atoms with Crippen molar-refractivity contribution >= 4 is 0 Å². The first-order chi connectivity index (χ1) is 8.15. The highest BCUT2D eigenvalue weighted by atomic mass is 15.2. The Balaban J connectivity index is 2.12. The first-order valence-electron chi connectivity index (χ1n) is 6.11. The van der Waals surface area contributed by atoms with Crippen LogP contribution in [0.4, 0.5) is 0 Å². The van der Waals surface area contributed by atoms with Crippen LogP contribution in [0.2, 0.25) is 0 Å². The molecule has 0 bridgehead atoms. The fourth-order valence-corrected chi connectivity index (χ4v) is 2.28. The molecule has 3 nitrogen and oxygen atoms in total. The van der Waals surface area contributed by atoms with Crippen molar-refractivity contribution in [2.75, 3.05) is 13.6 Å². The Morgan fingerprint density at radius 1 is 1.41 bits per heavy atom. The fourth-order valence-electron chi connectivity index (χ4n) is 2.28. The van der Waals surface area contributed by atoms with Crippen molar-refractivity contribution in [2.24, 2.45) is 5.73 Å². The summed E-state index contributed by atoms with van der Waals surface area (Å²) in [5.41, 5.74) is 6.23. The lowest BCUT2D eigenvalue weighted by Gasteiger charge is -2.38.